The fourth-order valence-electron chi connectivity index (χ4n) is 1.19. The lowest BCUT2D eigenvalue weighted by molar-refractivity contribution is 0.630. The molecule has 1 aromatic heterocycles. The van der Waals surface area contributed by atoms with Crippen molar-refractivity contribution >= 4 is 23.2 Å². The van der Waals surface area contributed by atoms with E-state index in [2.05, 4.69) is 9.97 Å². The van der Waals surface area contributed by atoms with Gasteiger partial charge in [-0.3, -0.25) is 0 Å². The molecule has 2 aromatic rings. The average Bonchev–Trinajstić information content (AvgIpc) is 2.23. The van der Waals surface area contributed by atoms with Gasteiger partial charge >= 0.3 is 0 Å². The largest absolute Gasteiger partial charge is 0.225 e. The maximum absolute atomic E-state index is 13.4. The molecular weight excluding hydrogens is 238 g/mol. The summed E-state index contributed by atoms with van der Waals surface area (Å²) in [5.74, 6) is -0.394. The monoisotopic (exact) mass is 242 g/mol. The standard InChI is InChI=1S/C10H5Cl2FN2/c11-7-5-14-10(12)15-9(7)6-3-1-2-4-8(6)13/h1-5H. The third-order valence-corrected chi connectivity index (χ3v) is 2.30. The Morgan fingerprint density at radius 2 is 1.87 bits per heavy atom. The van der Waals surface area contributed by atoms with Gasteiger partial charge in [-0.15, -0.1) is 0 Å². The van der Waals surface area contributed by atoms with Crippen LogP contribution in [0.1, 0.15) is 0 Å². The van der Waals surface area contributed by atoms with E-state index < -0.39 is 5.82 Å². The van der Waals surface area contributed by atoms with Crippen molar-refractivity contribution in [3.8, 4) is 11.3 Å². The van der Waals surface area contributed by atoms with Gasteiger partial charge in [-0.05, 0) is 23.7 Å². The Balaban J connectivity index is 2.64. The Morgan fingerprint density at radius 1 is 1.13 bits per heavy atom. The molecule has 0 radical (unpaired) electrons. The van der Waals surface area contributed by atoms with Crippen LogP contribution in [0.25, 0.3) is 11.3 Å². The highest BCUT2D eigenvalue weighted by Gasteiger charge is 2.10. The zero-order valence-electron chi connectivity index (χ0n) is 7.42. The lowest BCUT2D eigenvalue weighted by Gasteiger charge is -2.04. The topological polar surface area (TPSA) is 25.8 Å². The Bertz CT molecular complexity index is 503. The summed E-state index contributed by atoms with van der Waals surface area (Å²) in [5, 5.41) is 0.308. The molecule has 0 N–H and O–H groups in total. The zero-order chi connectivity index (χ0) is 10.8. The Hall–Kier alpha value is -1.19. The van der Waals surface area contributed by atoms with Crippen molar-refractivity contribution in [1.82, 2.24) is 9.97 Å². The molecule has 2 rings (SSSR count). The SMILES string of the molecule is Fc1ccccc1-c1nc(Cl)ncc1Cl. The van der Waals surface area contributed by atoms with Crippen LogP contribution in [-0.4, -0.2) is 9.97 Å². The first-order chi connectivity index (χ1) is 7.18. The number of benzene rings is 1. The summed E-state index contributed by atoms with van der Waals surface area (Å²) in [5.41, 5.74) is 0.613. The predicted molar refractivity (Wildman–Crippen MR) is 57.4 cm³/mol. The summed E-state index contributed by atoms with van der Waals surface area (Å²) in [4.78, 5) is 7.58. The highest BCUT2D eigenvalue weighted by atomic mass is 35.5. The van der Waals surface area contributed by atoms with Gasteiger partial charge in [0.05, 0.1) is 16.9 Å². The minimum absolute atomic E-state index is 0.0395. The molecule has 0 fully saturated rings. The molecule has 0 spiro atoms. The van der Waals surface area contributed by atoms with Crippen LogP contribution < -0.4 is 0 Å². The summed E-state index contributed by atoms with van der Waals surface area (Å²) in [6.07, 6.45) is 1.35. The fraction of sp³-hybridized carbons (Fsp3) is 0. The number of nitrogens with zero attached hydrogens (tertiary/aromatic N) is 2. The van der Waals surface area contributed by atoms with E-state index in [1.54, 1.807) is 18.2 Å². The summed E-state index contributed by atoms with van der Waals surface area (Å²) < 4.78 is 13.4. The van der Waals surface area contributed by atoms with E-state index in [1.807, 2.05) is 0 Å². The first-order valence-electron chi connectivity index (χ1n) is 4.11. The van der Waals surface area contributed by atoms with Crippen LogP contribution in [0.2, 0.25) is 10.3 Å². The van der Waals surface area contributed by atoms with E-state index >= 15 is 0 Å². The van der Waals surface area contributed by atoms with Crippen molar-refractivity contribution < 1.29 is 4.39 Å². The Labute approximate surface area is 95.7 Å². The van der Waals surface area contributed by atoms with E-state index in [9.17, 15) is 4.39 Å². The molecular formula is C10H5Cl2FN2. The fourth-order valence-corrected chi connectivity index (χ4v) is 1.51. The Morgan fingerprint density at radius 3 is 2.60 bits per heavy atom. The summed E-state index contributed by atoms with van der Waals surface area (Å²) in [6, 6.07) is 6.21. The van der Waals surface area contributed by atoms with Crippen LogP contribution in [-0.2, 0) is 0 Å². The number of halogens is 3. The van der Waals surface area contributed by atoms with E-state index in [4.69, 9.17) is 23.2 Å². The van der Waals surface area contributed by atoms with E-state index in [0.29, 0.717) is 11.3 Å². The van der Waals surface area contributed by atoms with Gasteiger partial charge in [0.25, 0.3) is 0 Å². The minimum Gasteiger partial charge on any atom is -0.225 e. The number of hydrogen-bond acceptors (Lipinski definition) is 2. The number of rotatable bonds is 1. The van der Waals surface area contributed by atoms with Crippen molar-refractivity contribution in [3.63, 3.8) is 0 Å². The lowest BCUT2D eigenvalue weighted by Crippen LogP contribution is -1.91. The molecule has 1 heterocycles. The predicted octanol–water partition coefficient (Wildman–Crippen LogP) is 3.59. The van der Waals surface area contributed by atoms with Crippen molar-refractivity contribution in [1.29, 1.82) is 0 Å². The van der Waals surface area contributed by atoms with Gasteiger partial charge in [-0.1, -0.05) is 23.7 Å². The van der Waals surface area contributed by atoms with Gasteiger partial charge in [0, 0.05) is 5.56 Å². The summed E-state index contributed by atoms with van der Waals surface area (Å²) in [6.45, 7) is 0. The molecule has 0 aliphatic carbocycles. The highest BCUT2D eigenvalue weighted by molar-refractivity contribution is 6.33. The molecule has 2 nitrogen and oxygen atoms in total. The maximum Gasteiger partial charge on any atom is 0.222 e. The van der Waals surface area contributed by atoms with Crippen molar-refractivity contribution in [2.45, 2.75) is 0 Å². The van der Waals surface area contributed by atoms with Crippen LogP contribution in [0.3, 0.4) is 0 Å². The van der Waals surface area contributed by atoms with Crippen LogP contribution in [0.5, 0.6) is 0 Å². The molecule has 15 heavy (non-hydrogen) atoms. The van der Waals surface area contributed by atoms with Crippen molar-refractivity contribution in [2.24, 2.45) is 0 Å². The third kappa shape index (κ3) is 2.08. The molecule has 0 saturated carbocycles. The second-order valence-corrected chi connectivity index (χ2v) is 3.56. The van der Waals surface area contributed by atoms with Gasteiger partial charge in [0.15, 0.2) is 0 Å². The Kier molecular flexibility index (Phi) is 2.84. The van der Waals surface area contributed by atoms with E-state index in [-0.39, 0.29) is 10.3 Å². The second-order valence-electron chi connectivity index (χ2n) is 2.82. The molecule has 0 aliphatic heterocycles. The molecule has 1 aromatic carbocycles. The van der Waals surface area contributed by atoms with Crippen LogP contribution in [0.4, 0.5) is 4.39 Å². The van der Waals surface area contributed by atoms with Crippen molar-refractivity contribution in [3.05, 3.63) is 46.6 Å². The average molecular weight is 243 g/mol. The smallest absolute Gasteiger partial charge is 0.222 e. The van der Waals surface area contributed by atoms with Crippen LogP contribution >= 0.6 is 23.2 Å². The lowest BCUT2D eigenvalue weighted by atomic mass is 10.1. The second kappa shape index (κ2) is 4.13. The highest BCUT2D eigenvalue weighted by Crippen LogP contribution is 2.27. The molecule has 5 heteroatoms. The van der Waals surface area contributed by atoms with Crippen molar-refractivity contribution in [2.75, 3.05) is 0 Å². The third-order valence-electron chi connectivity index (χ3n) is 1.84. The van der Waals surface area contributed by atoms with Gasteiger partial charge < -0.3 is 0 Å². The summed E-state index contributed by atoms with van der Waals surface area (Å²) >= 11 is 11.5. The van der Waals surface area contributed by atoms with Gasteiger partial charge in [0.2, 0.25) is 5.28 Å². The first-order valence-corrected chi connectivity index (χ1v) is 4.87. The molecule has 0 amide bonds. The molecule has 0 unspecified atom stereocenters. The zero-order valence-corrected chi connectivity index (χ0v) is 8.93. The molecule has 0 atom stereocenters. The first kappa shape index (κ1) is 10.3. The minimum atomic E-state index is -0.394. The number of hydrogen-bond donors (Lipinski definition) is 0. The molecule has 0 bridgehead atoms. The van der Waals surface area contributed by atoms with Crippen LogP contribution in [0, 0.1) is 5.82 Å². The van der Waals surface area contributed by atoms with Crippen LogP contribution in [0.15, 0.2) is 30.5 Å². The van der Waals surface area contributed by atoms with Gasteiger partial charge in [-0.25, -0.2) is 14.4 Å². The van der Waals surface area contributed by atoms with Gasteiger partial charge in [0.1, 0.15) is 5.82 Å². The number of aromatic nitrogens is 2. The summed E-state index contributed by atoms with van der Waals surface area (Å²) in [7, 11) is 0. The normalized spacial score (nSPS) is 10.3. The quantitative estimate of drug-likeness (QED) is 0.715. The van der Waals surface area contributed by atoms with Gasteiger partial charge in [-0.2, -0.15) is 0 Å². The molecule has 0 aliphatic rings. The molecule has 0 saturated heterocycles. The van der Waals surface area contributed by atoms with E-state index in [0.717, 1.165) is 0 Å². The maximum atomic E-state index is 13.4. The molecule has 76 valence electrons. The van der Waals surface area contributed by atoms with E-state index in [1.165, 1.54) is 12.3 Å².